The third-order valence-corrected chi connectivity index (χ3v) is 3.22. The first-order chi connectivity index (χ1) is 5.97. The van der Waals surface area contributed by atoms with E-state index in [4.69, 9.17) is 14.2 Å². The van der Waals surface area contributed by atoms with Gasteiger partial charge in [-0.25, -0.2) is 9.65 Å². The second kappa shape index (κ2) is 4.07. The molecular formula is C7H16NO4P. The minimum absolute atomic E-state index is 0.0832. The van der Waals surface area contributed by atoms with E-state index in [0.717, 1.165) is 0 Å². The van der Waals surface area contributed by atoms with Crippen molar-refractivity contribution in [2.75, 3.05) is 26.4 Å². The van der Waals surface area contributed by atoms with Crippen LogP contribution in [0.25, 0.3) is 0 Å². The Balaban J connectivity index is 2.42. The summed E-state index contributed by atoms with van der Waals surface area (Å²) in [4.78, 5) is 0. The third-order valence-electron chi connectivity index (χ3n) is 1.67. The predicted molar refractivity (Wildman–Crippen MR) is 48.4 cm³/mol. The van der Waals surface area contributed by atoms with Crippen LogP contribution in [0.1, 0.15) is 13.8 Å². The molecule has 1 rings (SSSR count). The van der Waals surface area contributed by atoms with Crippen LogP contribution >= 0.6 is 7.75 Å². The van der Waals surface area contributed by atoms with Crippen molar-refractivity contribution in [3.8, 4) is 0 Å². The fraction of sp³-hybridized carbons (Fsp3) is 1.00. The first kappa shape index (κ1) is 11.1. The highest BCUT2D eigenvalue weighted by molar-refractivity contribution is 7.51. The number of aliphatic hydroxyl groups is 1. The zero-order valence-corrected chi connectivity index (χ0v) is 8.84. The second-order valence-electron chi connectivity index (χ2n) is 3.84. The zero-order chi connectivity index (χ0) is 9.95. The predicted octanol–water partition coefficient (Wildman–Crippen LogP) is 0.749. The first-order valence-electron chi connectivity index (χ1n) is 4.23. The zero-order valence-electron chi connectivity index (χ0n) is 7.95. The second-order valence-corrected chi connectivity index (χ2v) is 5.67. The van der Waals surface area contributed by atoms with E-state index in [0.29, 0.717) is 13.2 Å². The molecule has 5 nitrogen and oxygen atoms in total. The maximum Gasteiger partial charge on any atom is 0.405 e. The Morgan fingerprint density at radius 1 is 1.46 bits per heavy atom. The summed E-state index contributed by atoms with van der Waals surface area (Å²) in [6.07, 6.45) is 0. The topological polar surface area (TPSA) is 67.8 Å². The summed E-state index contributed by atoms with van der Waals surface area (Å²) in [5, 5.41) is 11.1. The summed E-state index contributed by atoms with van der Waals surface area (Å²) in [7, 11) is -3.12. The van der Waals surface area contributed by atoms with Crippen molar-refractivity contribution < 1.29 is 18.7 Å². The van der Waals surface area contributed by atoms with E-state index in [2.05, 4.69) is 5.09 Å². The molecule has 0 saturated carbocycles. The molecule has 0 amide bonds. The lowest BCUT2D eigenvalue weighted by Crippen LogP contribution is -2.33. The average Bonchev–Trinajstić information content (AvgIpc) is 2.08. The molecular weight excluding hydrogens is 193 g/mol. The Morgan fingerprint density at radius 3 is 2.46 bits per heavy atom. The van der Waals surface area contributed by atoms with Gasteiger partial charge in [0, 0.05) is 12.0 Å². The van der Waals surface area contributed by atoms with Crippen LogP contribution in [-0.4, -0.2) is 31.5 Å². The number of nitrogens with one attached hydrogen (secondary N) is 1. The molecule has 0 bridgehead atoms. The van der Waals surface area contributed by atoms with Gasteiger partial charge in [-0.1, -0.05) is 13.8 Å². The molecule has 0 aromatic heterocycles. The molecule has 13 heavy (non-hydrogen) atoms. The van der Waals surface area contributed by atoms with Gasteiger partial charge >= 0.3 is 7.75 Å². The summed E-state index contributed by atoms with van der Waals surface area (Å²) in [6.45, 7) is 4.90. The lowest BCUT2D eigenvalue weighted by Gasteiger charge is -2.33. The molecule has 0 radical (unpaired) electrons. The van der Waals surface area contributed by atoms with Crippen LogP contribution in [0.2, 0.25) is 0 Å². The Hall–Kier alpha value is 0.0700. The van der Waals surface area contributed by atoms with Crippen LogP contribution in [0, 0.1) is 5.41 Å². The third kappa shape index (κ3) is 3.37. The van der Waals surface area contributed by atoms with Crippen molar-refractivity contribution in [3.05, 3.63) is 0 Å². The normalized spacial score (nSPS) is 25.8. The van der Waals surface area contributed by atoms with E-state index in [1.165, 1.54) is 0 Å². The molecule has 1 saturated heterocycles. The molecule has 78 valence electrons. The quantitative estimate of drug-likeness (QED) is 0.671. The first-order valence-corrected chi connectivity index (χ1v) is 5.77. The maximum atomic E-state index is 11.6. The number of hydrogen-bond donors (Lipinski definition) is 2. The van der Waals surface area contributed by atoms with Crippen LogP contribution < -0.4 is 5.09 Å². The van der Waals surface area contributed by atoms with Gasteiger partial charge in [-0.05, 0) is 0 Å². The van der Waals surface area contributed by atoms with Crippen molar-refractivity contribution in [1.29, 1.82) is 0 Å². The summed E-state index contributed by atoms with van der Waals surface area (Å²) < 4.78 is 21.8. The van der Waals surface area contributed by atoms with Crippen molar-refractivity contribution in [2.45, 2.75) is 13.8 Å². The van der Waals surface area contributed by atoms with Crippen LogP contribution in [0.4, 0.5) is 0 Å². The van der Waals surface area contributed by atoms with Crippen LogP contribution in [0.5, 0.6) is 0 Å². The van der Waals surface area contributed by atoms with Crippen LogP contribution in [-0.2, 0) is 13.6 Å². The van der Waals surface area contributed by atoms with Gasteiger partial charge in [-0.15, -0.1) is 0 Å². The van der Waals surface area contributed by atoms with E-state index in [1.54, 1.807) is 0 Å². The SMILES string of the molecule is CC1(C)COP(=O)(NCCO)OC1. The Bertz CT molecular complexity index is 205. The minimum atomic E-state index is -3.12. The molecule has 6 heteroatoms. The maximum absolute atomic E-state index is 11.6. The van der Waals surface area contributed by atoms with Crippen molar-refractivity contribution in [1.82, 2.24) is 5.09 Å². The fourth-order valence-corrected chi connectivity index (χ4v) is 2.55. The van der Waals surface area contributed by atoms with Crippen LogP contribution in [0.3, 0.4) is 0 Å². The number of aliphatic hydroxyl groups excluding tert-OH is 1. The summed E-state index contributed by atoms with van der Waals surface area (Å²) in [6, 6.07) is 0. The molecule has 2 N–H and O–H groups in total. The standard InChI is InChI=1S/C7H16NO4P/c1-7(2)5-11-13(10,12-6-7)8-3-4-9/h9H,3-6H2,1-2H3,(H,8,10). The molecule has 1 aliphatic rings. The molecule has 1 aliphatic heterocycles. The largest absolute Gasteiger partial charge is 0.405 e. The van der Waals surface area contributed by atoms with Gasteiger partial charge in [-0.2, -0.15) is 0 Å². The van der Waals surface area contributed by atoms with E-state index in [-0.39, 0.29) is 18.6 Å². The highest BCUT2D eigenvalue weighted by atomic mass is 31.2. The highest BCUT2D eigenvalue weighted by Gasteiger charge is 2.36. The lowest BCUT2D eigenvalue weighted by atomic mass is 9.97. The van der Waals surface area contributed by atoms with Gasteiger partial charge in [0.2, 0.25) is 0 Å². The molecule has 0 unspecified atom stereocenters. The molecule has 0 aromatic carbocycles. The number of hydrogen-bond acceptors (Lipinski definition) is 4. The van der Waals surface area contributed by atoms with Gasteiger partial charge in [0.15, 0.2) is 0 Å². The Morgan fingerprint density at radius 2 is 2.00 bits per heavy atom. The van der Waals surface area contributed by atoms with E-state index < -0.39 is 7.75 Å². The molecule has 1 heterocycles. The molecule has 0 atom stereocenters. The van der Waals surface area contributed by atoms with Gasteiger partial charge in [0.25, 0.3) is 0 Å². The summed E-state index contributed by atoms with van der Waals surface area (Å²) in [5.74, 6) is 0. The Labute approximate surface area is 78.0 Å². The monoisotopic (exact) mass is 209 g/mol. The average molecular weight is 209 g/mol. The molecule has 0 aromatic rings. The summed E-state index contributed by atoms with van der Waals surface area (Å²) in [5.41, 5.74) is -0.0885. The van der Waals surface area contributed by atoms with Crippen molar-refractivity contribution in [2.24, 2.45) is 5.41 Å². The van der Waals surface area contributed by atoms with Gasteiger partial charge in [0.1, 0.15) is 0 Å². The number of rotatable bonds is 3. The van der Waals surface area contributed by atoms with E-state index in [9.17, 15) is 4.57 Å². The van der Waals surface area contributed by atoms with Crippen LogP contribution in [0.15, 0.2) is 0 Å². The molecule has 0 spiro atoms. The van der Waals surface area contributed by atoms with Gasteiger partial charge in [0.05, 0.1) is 19.8 Å². The minimum Gasteiger partial charge on any atom is -0.395 e. The van der Waals surface area contributed by atoms with Gasteiger partial charge in [-0.3, -0.25) is 9.05 Å². The van der Waals surface area contributed by atoms with Gasteiger partial charge < -0.3 is 5.11 Å². The van der Waals surface area contributed by atoms with Crippen molar-refractivity contribution >= 4 is 7.75 Å². The smallest absolute Gasteiger partial charge is 0.395 e. The van der Waals surface area contributed by atoms with E-state index >= 15 is 0 Å². The lowest BCUT2D eigenvalue weighted by molar-refractivity contribution is 0.0367. The fourth-order valence-electron chi connectivity index (χ4n) is 0.877. The molecule has 1 fully saturated rings. The highest BCUT2D eigenvalue weighted by Crippen LogP contribution is 2.49. The summed E-state index contributed by atoms with van der Waals surface area (Å²) >= 11 is 0. The Kier molecular flexibility index (Phi) is 3.49. The van der Waals surface area contributed by atoms with E-state index in [1.807, 2.05) is 13.8 Å². The molecule has 0 aliphatic carbocycles. The van der Waals surface area contributed by atoms with Crippen molar-refractivity contribution in [3.63, 3.8) is 0 Å².